The minimum absolute atomic E-state index is 0.0348. The fraction of sp³-hybridized carbons (Fsp3) is 0.250. The van der Waals surface area contributed by atoms with Crippen molar-refractivity contribution in [3.63, 3.8) is 0 Å². The van der Waals surface area contributed by atoms with Crippen LogP contribution in [-0.4, -0.2) is 35.5 Å². The van der Waals surface area contributed by atoms with Crippen molar-refractivity contribution >= 4 is 17.5 Å². The van der Waals surface area contributed by atoms with Crippen LogP contribution in [0.3, 0.4) is 0 Å². The molecule has 0 atom stereocenters. The molecule has 33 heavy (non-hydrogen) atoms. The number of hydrogen-bond donors (Lipinski definition) is 1. The van der Waals surface area contributed by atoms with E-state index in [1.807, 2.05) is 36.4 Å². The molecule has 0 unspecified atom stereocenters. The summed E-state index contributed by atoms with van der Waals surface area (Å²) in [7, 11) is 0. The number of nitrogens with one attached hydrogen (secondary N) is 1. The molecule has 170 valence electrons. The molecular weight excluding hydrogens is 412 g/mol. The Morgan fingerprint density at radius 2 is 1.39 bits per heavy atom. The summed E-state index contributed by atoms with van der Waals surface area (Å²) < 4.78 is 0. The van der Waals surface area contributed by atoms with Gasteiger partial charge in [0, 0.05) is 35.3 Å². The van der Waals surface area contributed by atoms with Gasteiger partial charge < -0.3 is 5.32 Å². The van der Waals surface area contributed by atoms with Crippen LogP contribution in [0.5, 0.6) is 0 Å². The molecule has 5 heteroatoms. The number of Topliss-reactive ketones (excluding diaryl/α,β-unsaturated/α-hetero) is 1. The monoisotopic (exact) mass is 442 g/mol. The molecule has 3 aromatic rings. The molecule has 3 rings (SSSR count). The third kappa shape index (κ3) is 6.02. The summed E-state index contributed by atoms with van der Waals surface area (Å²) in [6.45, 7) is 8.32. The van der Waals surface area contributed by atoms with Gasteiger partial charge in [-0.2, -0.15) is 0 Å². The third-order valence-corrected chi connectivity index (χ3v) is 5.82. The predicted octanol–water partition coefficient (Wildman–Crippen LogP) is 4.89. The molecule has 0 fully saturated rings. The standard InChI is InChI=1S/C28H30N2O3/c1-4-30(5-2)19-26-24(18-29-28(33)23-10-7-6-8-11-23)12-9-13-25(26)27(32)22-16-14-21(15-17-22)20(3)31/h6-17H,4-5,18-19H2,1-3H3,(H,29,33). The van der Waals surface area contributed by atoms with E-state index in [0.717, 1.165) is 24.2 Å². The van der Waals surface area contributed by atoms with Crippen LogP contribution in [-0.2, 0) is 13.1 Å². The first-order valence-electron chi connectivity index (χ1n) is 11.3. The molecule has 3 aromatic carbocycles. The highest BCUT2D eigenvalue weighted by Gasteiger charge is 2.19. The van der Waals surface area contributed by atoms with E-state index in [0.29, 0.717) is 35.3 Å². The largest absolute Gasteiger partial charge is 0.348 e. The number of nitrogens with zero attached hydrogens (tertiary/aromatic N) is 1. The van der Waals surface area contributed by atoms with Gasteiger partial charge in [0.25, 0.3) is 5.91 Å². The summed E-state index contributed by atoms with van der Waals surface area (Å²) in [5.41, 5.74) is 4.15. The summed E-state index contributed by atoms with van der Waals surface area (Å²) in [6.07, 6.45) is 0. The summed E-state index contributed by atoms with van der Waals surface area (Å²) in [5, 5.41) is 2.98. The number of amides is 1. The second-order valence-corrected chi connectivity index (χ2v) is 7.92. The van der Waals surface area contributed by atoms with Crippen molar-refractivity contribution in [1.29, 1.82) is 0 Å². The van der Waals surface area contributed by atoms with Crippen molar-refractivity contribution in [2.75, 3.05) is 13.1 Å². The lowest BCUT2D eigenvalue weighted by molar-refractivity contribution is 0.0949. The van der Waals surface area contributed by atoms with E-state index in [-0.39, 0.29) is 17.5 Å². The molecule has 0 saturated carbocycles. The molecule has 0 saturated heterocycles. The van der Waals surface area contributed by atoms with Crippen LogP contribution < -0.4 is 5.32 Å². The zero-order valence-corrected chi connectivity index (χ0v) is 19.4. The number of carbonyl (C=O) groups excluding carboxylic acids is 3. The Hall–Kier alpha value is -3.57. The zero-order chi connectivity index (χ0) is 23.8. The van der Waals surface area contributed by atoms with E-state index >= 15 is 0 Å². The maximum absolute atomic E-state index is 13.4. The smallest absolute Gasteiger partial charge is 0.251 e. The summed E-state index contributed by atoms with van der Waals surface area (Å²) in [5.74, 6) is -0.281. The van der Waals surface area contributed by atoms with Crippen LogP contribution in [0.15, 0.2) is 72.8 Å². The molecule has 1 N–H and O–H groups in total. The van der Waals surface area contributed by atoms with E-state index in [9.17, 15) is 14.4 Å². The number of ketones is 2. The number of carbonyl (C=O) groups is 3. The quantitative estimate of drug-likeness (QED) is 0.454. The van der Waals surface area contributed by atoms with Crippen LogP contribution >= 0.6 is 0 Å². The van der Waals surface area contributed by atoms with Crippen LogP contribution in [0.4, 0.5) is 0 Å². The number of benzene rings is 3. The molecule has 1 amide bonds. The molecule has 0 bridgehead atoms. The highest BCUT2D eigenvalue weighted by atomic mass is 16.1. The van der Waals surface area contributed by atoms with Crippen LogP contribution in [0.2, 0.25) is 0 Å². The first kappa shape index (κ1) is 24.1. The molecule has 0 spiro atoms. The topological polar surface area (TPSA) is 66.5 Å². The molecular formula is C28H30N2O3. The molecule has 0 aliphatic heterocycles. The van der Waals surface area contributed by atoms with E-state index in [2.05, 4.69) is 24.1 Å². The maximum Gasteiger partial charge on any atom is 0.251 e. The molecule has 0 heterocycles. The van der Waals surface area contributed by atoms with Crippen molar-refractivity contribution in [2.45, 2.75) is 33.9 Å². The molecule has 5 nitrogen and oxygen atoms in total. The zero-order valence-electron chi connectivity index (χ0n) is 19.4. The molecule has 0 aliphatic rings. The third-order valence-electron chi connectivity index (χ3n) is 5.82. The van der Waals surface area contributed by atoms with E-state index in [4.69, 9.17) is 0 Å². The normalized spacial score (nSPS) is 10.8. The van der Waals surface area contributed by atoms with Gasteiger partial charge in [0.1, 0.15) is 0 Å². The Kier molecular flexibility index (Phi) is 8.28. The van der Waals surface area contributed by atoms with Crippen molar-refractivity contribution in [1.82, 2.24) is 10.2 Å². The summed E-state index contributed by atoms with van der Waals surface area (Å²) in [6, 6.07) is 21.5. The highest BCUT2D eigenvalue weighted by molar-refractivity contribution is 6.10. The van der Waals surface area contributed by atoms with Crippen LogP contribution in [0.1, 0.15) is 68.5 Å². The number of rotatable bonds is 10. The van der Waals surface area contributed by atoms with Crippen LogP contribution in [0, 0.1) is 0 Å². The fourth-order valence-electron chi connectivity index (χ4n) is 3.75. The fourth-order valence-corrected chi connectivity index (χ4v) is 3.75. The van der Waals surface area contributed by atoms with Gasteiger partial charge in [0.05, 0.1) is 0 Å². The molecule has 0 aromatic heterocycles. The van der Waals surface area contributed by atoms with Gasteiger partial charge in [-0.05, 0) is 43.3 Å². The Balaban J connectivity index is 1.93. The van der Waals surface area contributed by atoms with Gasteiger partial charge >= 0.3 is 0 Å². The Morgan fingerprint density at radius 3 is 2.00 bits per heavy atom. The van der Waals surface area contributed by atoms with Crippen molar-refractivity contribution in [3.8, 4) is 0 Å². The minimum atomic E-state index is -0.152. The highest BCUT2D eigenvalue weighted by Crippen LogP contribution is 2.22. The van der Waals surface area contributed by atoms with Crippen molar-refractivity contribution < 1.29 is 14.4 Å². The summed E-state index contributed by atoms with van der Waals surface area (Å²) >= 11 is 0. The lowest BCUT2D eigenvalue weighted by Gasteiger charge is -2.22. The Bertz CT molecular complexity index is 1120. The van der Waals surface area contributed by atoms with Gasteiger partial charge in [0.15, 0.2) is 11.6 Å². The Morgan fingerprint density at radius 1 is 0.758 bits per heavy atom. The SMILES string of the molecule is CCN(CC)Cc1c(CNC(=O)c2ccccc2)cccc1C(=O)c1ccc(C(C)=O)cc1. The van der Waals surface area contributed by atoms with Gasteiger partial charge in [-0.25, -0.2) is 0 Å². The maximum atomic E-state index is 13.4. The molecule has 0 aliphatic carbocycles. The lowest BCUT2D eigenvalue weighted by Crippen LogP contribution is -2.27. The van der Waals surface area contributed by atoms with Gasteiger partial charge in [-0.15, -0.1) is 0 Å². The van der Waals surface area contributed by atoms with Crippen LogP contribution in [0.25, 0.3) is 0 Å². The van der Waals surface area contributed by atoms with Gasteiger partial charge in [0.2, 0.25) is 0 Å². The van der Waals surface area contributed by atoms with Crippen molar-refractivity contribution in [2.24, 2.45) is 0 Å². The minimum Gasteiger partial charge on any atom is -0.348 e. The van der Waals surface area contributed by atoms with Crippen molar-refractivity contribution in [3.05, 3.63) is 106 Å². The van der Waals surface area contributed by atoms with Gasteiger partial charge in [-0.1, -0.05) is 74.5 Å². The van der Waals surface area contributed by atoms with E-state index in [1.165, 1.54) is 6.92 Å². The summed E-state index contributed by atoms with van der Waals surface area (Å²) in [4.78, 5) is 39.8. The average Bonchev–Trinajstić information content (AvgIpc) is 2.86. The first-order chi connectivity index (χ1) is 15.9. The van der Waals surface area contributed by atoms with E-state index in [1.54, 1.807) is 36.4 Å². The first-order valence-corrected chi connectivity index (χ1v) is 11.3. The number of hydrogen-bond acceptors (Lipinski definition) is 4. The average molecular weight is 443 g/mol. The lowest BCUT2D eigenvalue weighted by atomic mass is 9.93. The Labute approximate surface area is 195 Å². The predicted molar refractivity (Wildman–Crippen MR) is 131 cm³/mol. The molecule has 0 radical (unpaired) electrons. The second kappa shape index (κ2) is 11.3. The van der Waals surface area contributed by atoms with Gasteiger partial charge in [-0.3, -0.25) is 19.3 Å². The second-order valence-electron chi connectivity index (χ2n) is 7.92. The van der Waals surface area contributed by atoms with E-state index < -0.39 is 0 Å².